The van der Waals surface area contributed by atoms with Gasteiger partial charge in [0.1, 0.15) is 0 Å². The molecule has 1 rings (SSSR count). The summed E-state index contributed by atoms with van der Waals surface area (Å²) >= 11 is 0. The summed E-state index contributed by atoms with van der Waals surface area (Å²) in [7, 11) is 1.97. The number of nitrogens with zero attached hydrogens (tertiary/aromatic N) is 2. The molecule has 5 nitrogen and oxygen atoms in total. The SMILES string of the molecule is CC(C)CC(C)N(C)c1ccc([N+](=O)[O-])c(CO)c1. The highest BCUT2D eigenvalue weighted by Gasteiger charge is 2.17. The van der Waals surface area contributed by atoms with E-state index in [9.17, 15) is 15.2 Å². The minimum atomic E-state index is -0.465. The molecule has 0 aromatic heterocycles. The molecule has 0 bridgehead atoms. The largest absolute Gasteiger partial charge is 0.391 e. The van der Waals surface area contributed by atoms with Gasteiger partial charge in [-0.05, 0) is 31.4 Å². The Kier molecular flexibility index (Phi) is 5.30. The van der Waals surface area contributed by atoms with Crippen molar-refractivity contribution in [2.75, 3.05) is 11.9 Å². The van der Waals surface area contributed by atoms with Gasteiger partial charge in [-0.25, -0.2) is 0 Å². The Balaban J connectivity index is 2.98. The van der Waals surface area contributed by atoms with Crippen LogP contribution in [0, 0.1) is 16.0 Å². The van der Waals surface area contributed by atoms with Gasteiger partial charge in [-0.15, -0.1) is 0 Å². The number of anilines is 1. The normalized spacial score (nSPS) is 12.5. The molecular formula is C14H22N2O3. The number of aliphatic hydroxyl groups excluding tert-OH is 1. The van der Waals surface area contributed by atoms with E-state index >= 15 is 0 Å². The van der Waals surface area contributed by atoms with Crippen molar-refractivity contribution in [3.8, 4) is 0 Å². The van der Waals surface area contributed by atoms with Crippen molar-refractivity contribution >= 4 is 11.4 Å². The highest BCUT2D eigenvalue weighted by molar-refractivity contribution is 5.55. The third-order valence-corrected chi connectivity index (χ3v) is 3.31. The molecule has 5 heteroatoms. The summed E-state index contributed by atoms with van der Waals surface area (Å²) < 4.78 is 0. The number of hydrogen-bond donors (Lipinski definition) is 1. The van der Waals surface area contributed by atoms with Gasteiger partial charge in [0.2, 0.25) is 0 Å². The smallest absolute Gasteiger partial charge is 0.275 e. The Morgan fingerprint density at radius 2 is 2.00 bits per heavy atom. The monoisotopic (exact) mass is 266 g/mol. The molecule has 0 saturated carbocycles. The second-order valence-corrected chi connectivity index (χ2v) is 5.32. The first-order valence-electron chi connectivity index (χ1n) is 6.47. The van der Waals surface area contributed by atoms with Crippen LogP contribution in [0.4, 0.5) is 11.4 Å². The highest BCUT2D eigenvalue weighted by atomic mass is 16.6. The van der Waals surface area contributed by atoms with E-state index in [4.69, 9.17) is 0 Å². The molecule has 0 aliphatic heterocycles. The number of hydrogen-bond acceptors (Lipinski definition) is 4. The summed E-state index contributed by atoms with van der Waals surface area (Å²) in [5.74, 6) is 0.591. The maximum atomic E-state index is 10.8. The van der Waals surface area contributed by atoms with E-state index in [1.807, 2.05) is 7.05 Å². The molecule has 1 atom stereocenters. The molecule has 1 N–H and O–H groups in total. The Hall–Kier alpha value is -1.62. The molecular weight excluding hydrogens is 244 g/mol. The standard InChI is InChI=1S/C14H22N2O3/c1-10(2)7-11(3)15(4)13-5-6-14(16(18)19)12(8-13)9-17/h5-6,8,10-11,17H,7,9H2,1-4H3. The fourth-order valence-electron chi connectivity index (χ4n) is 2.19. The maximum absolute atomic E-state index is 10.8. The molecule has 0 radical (unpaired) electrons. The van der Waals surface area contributed by atoms with Crippen molar-refractivity contribution in [3.05, 3.63) is 33.9 Å². The molecule has 1 aromatic rings. The molecule has 19 heavy (non-hydrogen) atoms. The second-order valence-electron chi connectivity index (χ2n) is 5.32. The van der Waals surface area contributed by atoms with Crippen LogP contribution >= 0.6 is 0 Å². The van der Waals surface area contributed by atoms with Crippen molar-refractivity contribution < 1.29 is 10.0 Å². The first kappa shape index (κ1) is 15.4. The van der Waals surface area contributed by atoms with Gasteiger partial charge in [-0.1, -0.05) is 13.8 Å². The van der Waals surface area contributed by atoms with Crippen LogP contribution in [0.2, 0.25) is 0 Å². The molecule has 0 spiro atoms. The van der Waals surface area contributed by atoms with E-state index in [-0.39, 0.29) is 12.3 Å². The fraction of sp³-hybridized carbons (Fsp3) is 0.571. The number of rotatable bonds is 6. The Morgan fingerprint density at radius 3 is 2.47 bits per heavy atom. The highest BCUT2D eigenvalue weighted by Crippen LogP contribution is 2.26. The molecule has 0 fully saturated rings. The van der Waals surface area contributed by atoms with Crippen LogP contribution in [-0.4, -0.2) is 23.1 Å². The lowest BCUT2D eigenvalue weighted by atomic mass is 10.0. The minimum absolute atomic E-state index is 0.0313. The molecule has 0 amide bonds. The van der Waals surface area contributed by atoms with E-state index in [0.29, 0.717) is 17.5 Å². The first-order valence-corrected chi connectivity index (χ1v) is 6.47. The van der Waals surface area contributed by atoms with Crippen molar-refractivity contribution in [2.24, 2.45) is 5.92 Å². The van der Waals surface area contributed by atoms with E-state index in [2.05, 4.69) is 25.7 Å². The molecule has 0 aliphatic carbocycles. The lowest BCUT2D eigenvalue weighted by Crippen LogP contribution is -2.30. The van der Waals surface area contributed by atoms with Crippen LogP contribution in [0.3, 0.4) is 0 Å². The third-order valence-electron chi connectivity index (χ3n) is 3.31. The molecule has 106 valence electrons. The van der Waals surface area contributed by atoms with Crippen LogP contribution in [0.1, 0.15) is 32.8 Å². The van der Waals surface area contributed by atoms with Crippen LogP contribution in [0.25, 0.3) is 0 Å². The third kappa shape index (κ3) is 3.92. The second kappa shape index (κ2) is 6.52. The zero-order valence-corrected chi connectivity index (χ0v) is 12.0. The summed E-state index contributed by atoms with van der Waals surface area (Å²) in [6.07, 6.45) is 1.04. The average molecular weight is 266 g/mol. The molecule has 0 saturated heterocycles. The molecule has 0 heterocycles. The average Bonchev–Trinajstić information content (AvgIpc) is 2.36. The van der Waals surface area contributed by atoms with Crippen molar-refractivity contribution in [3.63, 3.8) is 0 Å². The predicted octanol–water partition coefficient (Wildman–Crippen LogP) is 2.96. The summed E-state index contributed by atoms with van der Waals surface area (Å²) in [5.41, 5.74) is 1.21. The lowest BCUT2D eigenvalue weighted by Gasteiger charge is -2.28. The van der Waals surface area contributed by atoms with Gasteiger partial charge < -0.3 is 10.0 Å². The van der Waals surface area contributed by atoms with Gasteiger partial charge >= 0.3 is 0 Å². The number of nitro groups is 1. The summed E-state index contributed by atoms with van der Waals surface area (Å²) in [6.45, 7) is 6.13. The predicted molar refractivity (Wildman–Crippen MR) is 76.3 cm³/mol. The van der Waals surface area contributed by atoms with Crippen molar-refractivity contribution in [1.29, 1.82) is 0 Å². The summed E-state index contributed by atoms with van der Waals surface area (Å²) in [4.78, 5) is 12.4. The zero-order chi connectivity index (χ0) is 14.6. The molecule has 1 aromatic carbocycles. The number of nitro benzene ring substituents is 1. The van der Waals surface area contributed by atoms with E-state index in [1.54, 1.807) is 12.1 Å². The summed E-state index contributed by atoms with van der Waals surface area (Å²) in [6, 6.07) is 5.22. The number of benzene rings is 1. The minimum Gasteiger partial charge on any atom is -0.391 e. The molecule has 0 aliphatic rings. The topological polar surface area (TPSA) is 66.6 Å². The quantitative estimate of drug-likeness (QED) is 0.635. The fourth-order valence-corrected chi connectivity index (χ4v) is 2.19. The van der Waals surface area contributed by atoms with Gasteiger partial charge in [-0.3, -0.25) is 10.1 Å². The van der Waals surface area contributed by atoms with Gasteiger partial charge in [0, 0.05) is 24.8 Å². The van der Waals surface area contributed by atoms with Crippen LogP contribution in [-0.2, 0) is 6.61 Å². The van der Waals surface area contributed by atoms with E-state index in [1.165, 1.54) is 6.07 Å². The van der Waals surface area contributed by atoms with Gasteiger partial charge in [0.25, 0.3) is 5.69 Å². The zero-order valence-electron chi connectivity index (χ0n) is 12.0. The summed E-state index contributed by atoms with van der Waals surface area (Å²) in [5, 5.41) is 20.1. The van der Waals surface area contributed by atoms with Gasteiger partial charge in [-0.2, -0.15) is 0 Å². The van der Waals surface area contributed by atoms with E-state index in [0.717, 1.165) is 12.1 Å². The maximum Gasteiger partial charge on any atom is 0.275 e. The van der Waals surface area contributed by atoms with Crippen LogP contribution in [0.15, 0.2) is 18.2 Å². The van der Waals surface area contributed by atoms with E-state index < -0.39 is 4.92 Å². The van der Waals surface area contributed by atoms with Gasteiger partial charge in [0.05, 0.1) is 17.1 Å². The Labute approximate surface area is 114 Å². The number of aliphatic hydroxyl groups is 1. The Bertz CT molecular complexity index is 446. The first-order chi connectivity index (χ1) is 8.86. The Morgan fingerprint density at radius 1 is 1.37 bits per heavy atom. The van der Waals surface area contributed by atoms with Crippen LogP contribution < -0.4 is 4.90 Å². The van der Waals surface area contributed by atoms with Crippen LogP contribution in [0.5, 0.6) is 0 Å². The lowest BCUT2D eigenvalue weighted by molar-refractivity contribution is -0.385. The van der Waals surface area contributed by atoms with Crippen molar-refractivity contribution in [2.45, 2.75) is 39.8 Å². The van der Waals surface area contributed by atoms with Crippen molar-refractivity contribution in [1.82, 2.24) is 0 Å². The van der Waals surface area contributed by atoms with Gasteiger partial charge in [0.15, 0.2) is 0 Å². The molecule has 1 unspecified atom stereocenters.